The third kappa shape index (κ3) is 4.53. The molecule has 0 atom stereocenters. The Morgan fingerprint density at radius 2 is 2.05 bits per heavy atom. The summed E-state index contributed by atoms with van der Waals surface area (Å²) in [4.78, 5) is 14.3. The molecule has 1 fully saturated rings. The lowest BCUT2D eigenvalue weighted by molar-refractivity contribution is -0.116. The molecule has 4 heteroatoms. The van der Waals surface area contributed by atoms with Gasteiger partial charge in [0.1, 0.15) is 0 Å². The van der Waals surface area contributed by atoms with Crippen LogP contribution in [0.25, 0.3) is 0 Å². The second kappa shape index (κ2) is 6.27. The Balaban J connectivity index is 1.73. The van der Waals surface area contributed by atoms with Crippen LogP contribution in [-0.2, 0) is 4.79 Å². The van der Waals surface area contributed by atoms with E-state index in [2.05, 4.69) is 24.1 Å². The number of nitrogens with zero attached hydrogens (tertiary/aromatic N) is 1. The van der Waals surface area contributed by atoms with Crippen LogP contribution in [0.2, 0.25) is 0 Å². The molecular formula is C16H25N3O. The predicted molar refractivity (Wildman–Crippen MR) is 83.6 cm³/mol. The molecule has 1 amide bonds. The molecule has 0 aliphatic carbocycles. The van der Waals surface area contributed by atoms with E-state index in [1.54, 1.807) is 6.07 Å². The second-order valence-corrected chi connectivity index (χ2v) is 6.43. The smallest absolute Gasteiger partial charge is 0.225 e. The number of nitrogen functional groups attached to an aromatic ring is 1. The standard InChI is InChI=1S/C16H25N3O/c1-16(2)7-10-19(11-8-16)9-6-15(20)18-14-5-3-4-13(17)12-14/h3-5,12H,6-11,17H2,1-2H3,(H,18,20). The number of carbonyl (C=O) groups excluding carboxylic acids is 1. The molecule has 1 saturated heterocycles. The molecule has 3 N–H and O–H groups in total. The molecule has 1 aliphatic rings. The number of nitrogens with two attached hydrogens (primary N) is 1. The van der Waals surface area contributed by atoms with Gasteiger partial charge in [0, 0.05) is 24.3 Å². The molecule has 0 radical (unpaired) electrons. The van der Waals surface area contributed by atoms with Crippen molar-refractivity contribution in [2.75, 3.05) is 30.7 Å². The Morgan fingerprint density at radius 1 is 1.35 bits per heavy atom. The number of piperidine rings is 1. The van der Waals surface area contributed by atoms with E-state index < -0.39 is 0 Å². The van der Waals surface area contributed by atoms with Gasteiger partial charge in [0.25, 0.3) is 0 Å². The second-order valence-electron chi connectivity index (χ2n) is 6.43. The number of likely N-dealkylation sites (tertiary alicyclic amines) is 1. The van der Waals surface area contributed by atoms with Gasteiger partial charge in [-0.3, -0.25) is 4.79 Å². The van der Waals surface area contributed by atoms with E-state index in [-0.39, 0.29) is 5.91 Å². The fraction of sp³-hybridized carbons (Fsp3) is 0.562. The minimum atomic E-state index is 0.0560. The van der Waals surface area contributed by atoms with Crippen LogP contribution in [-0.4, -0.2) is 30.4 Å². The van der Waals surface area contributed by atoms with Crippen LogP contribution in [0.1, 0.15) is 33.1 Å². The molecule has 20 heavy (non-hydrogen) atoms. The highest BCUT2D eigenvalue weighted by atomic mass is 16.1. The SMILES string of the molecule is CC1(C)CCN(CCC(=O)Nc2cccc(N)c2)CC1. The lowest BCUT2D eigenvalue weighted by atomic mass is 9.83. The summed E-state index contributed by atoms with van der Waals surface area (Å²) in [5.74, 6) is 0.0560. The first-order chi connectivity index (χ1) is 9.44. The fourth-order valence-electron chi connectivity index (χ4n) is 2.48. The Morgan fingerprint density at radius 3 is 2.70 bits per heavy atom. The average Bonchev–Trinajstić information content (AvgIpc) is 2.37. The summed E-state index contributed by atoms with van der Waals surface area (Å²) in [5.41, 5.74) is 7.59. The molecule has 0 saturated carbocycles. The lowest BCUT2D eigenvalue weighted by Gasteiger charge is -2.36. The normalized spacial score (nSPS) is 18.7. The highest BCUT2D eigenvalue weighted by Gasteiger charge is 2.25. The van der Waals surface area contributed by atoms with Crippen molar-refractivity contribution in [1.82, 2.24) is 4.90 Å². The third-order valence-electron chi connectivity index (χ3n) is 4.04. The van der Waals surface area contributed by atoms with Gasteiger partial charge in [-0.1, -0.05) is 19.9 Å². The molecule has 1 aliphatic heterocycles. The molecular weight excluding hydrogens is 250 g/mol. The minimum absolute atomic E-state index is 0.0560. The summed E-state index contributed by atoms with van der Waals surface area (Å²) in [6.07, 6.45) is 2.96. The highest BCUT2D eigenvalue weighted by molar-refractivity contribution is 5.91. The molecule has 1 aromatic carbocycles. The topological polar surface area (TPSA) is 58.4 Å². The first-order valence-corrected chi connectivity index (χ1v) is 7.32. The largest absolute Gasteiger partial charge is 0.399 e. The maximum Gasteiger partial charge on any atom is 0.225 e. The van der Waals surface area contributed by atoms with Gasteiger partial charge in [-0.05, 0) is 49.5 Å². The van der Waals surface area contributed by atoms with Gasteiger partial charge < -0.3 is 16.0 Å². The van der Waals surface area contributed by atoms with Crippen molar-refractivity contribution in [2.24, 2.45) is 5.41 Å². The van der Waals surface area contributed by atoms with E-state index in [9.17, 15) is 4.79 Å². The highest BCUT2D eigenvalue weighted by Crippen LogP contribution is 2.29. The maximum absolute atomic E-state index is 11.9. The van der Waals surface area contributed by atoms with Gasteiger partial charge in [0.15, 0.2) is 0 Å². The van der Waals surface area contributed by atoms with Crippen molar-refractivity contribution in [2.45, 2.75) is 33.1 Å². The first-order valence-electron chi connectivity index (χ1n) is 7.32. The maximum atomic E-state index is 11.9. The molecule has 0 spiro atoms. The summed E-state index contributed by atoms with van der Waals surface area (Å²) >= 11 is 0. The number of nitrogens with one attached hydrogen (secondary N) is 1. The van der Waals surface area contributed by atoms with Gasteiger partial charge in [0.05, 0.1) is 0 Å². The minimum Gasteiger partial charge on any atom is -0.399 e. The van der Waals surface area contributed by atoms with Crippen LogP contribution < -0.4 is 11.1 Å². The van der Waals surface area contributed by atoms with E-state index in [1.165, 1.54) is 12.8 Å². The number of rotatable bonds is 4. The number of benzene rings is 1. The third-order valence-corrected chi connectivity index (χ3v) is 4.04. The summed E-state index contributed by atoms with van der Waals surface area (Å²) in [6.45, 7) is 7.66. The van der Waals surface area contributed by atoms with Crippen LogP contribution in [0.3, 0.4) is 0 Å². The Bertz CT molecular complexity index is 461. The van der Waals surface area contributed by atoms with Crippen molar-refractivity contribution in [3.63, 3.8) is 0 Å². The molecule has 0 bridgehead atoms. The van der Waals surface area contributed by atoms with Gasteiger partial charge in [-0.15, -0.1) is 0 Å². The molecule has 0 aromatic heterocycles. The van der Waals surface area contributed by atoms with Gasteiger partial charge in [0.2, 0.25) is 5.91 Å². The van der Waals surface area contributed by atoms with E-state index >= 15 is 0 Å². The molecule has 110 valence electrons. The zero-order chi connectivity index (χ0) is 14.6. The number of hydrogen-bond acceptors (Lipinski definition) is 3. The Kier molecular flexibility index (Phi) is 4.65. The van der Waals surface area contributed by atoms with Gasteiger partial charge in [-0.2, -0.15) is 0 Å². The van der Waals surface area contributed by atoms with Crippen LogP contribution in [0, 0.1) is 5.41 Å². The van der Waals surface area contributed by atoms with Crippen molar-refractivity contribution in [1.29, 1.82) is 0 Å². The number of hydrogen-bond donors (Lipinski definition) is 2. The molecule has 1 aromatic rings. The quantitative estimate of drug-likeness (QED) is 0.831. The van der Waals surface area contributed by atoms with E-state index in [0.29, 0.717) is 17.5 Å². The van der Waals surface area contributed by atoms with Crippen LogP contribution in [0.15, 0.2) is 24.3 Å². The summed E-state index contributed by atoms with van der Waals surface area (Å²) in [5, 5.41) is 2.89. The fourth-order valence-corrected chi connectivity index (χ4v) is 2.48. The summed E-state index contributed by atoms with van der Waals surface area (Å²) < 4.78 is 0. The van der Waals surface area contributed by atoms with E-state index in [4.69, 9.17) is 5.73 Å². The van der Waals surface area contributed by atoms with Crippen molar-refractivity contribution >= 4 is 17.3 Å². The van der Waals surface area contributed by atoms with Gasteiger partial charge in [-0.25, -0.2) is 0 Å². The van der Waals surface area contributed by atoms with Crippen molar-refractivity contribution in [3.05, 3.63) is 24.3 Å². The Hall–Kier alpha value is -1.55. The number of amides is 1. The molecule has 2 rings (SSSR count). The van der Waals surface area contributed by atoms with Crippen molar-refractivity contribution in [3.8, 4) is 0 Å². The predicted octanol–water partition coefficient (Wildman–Crippen LogP) is 2.72. The summed E-state index contributed by atoms with van der Waals surface area (Å²) in [6, 6.07) is 7.29. The van der Waals surface area contributed by atoms with Crippen LogP contribution in [0.5, 0.6) is 0 Å². The van der Waals surface area contributed by atoms with E-state index in [0.717, 1.165) is 25.3 Å². The molecule has 1 heterocycles. The number of carbonyl (C=O) groups is 1. The zero-order valence-electron chi connectivity index (χ0n) is 12.5. The zero-order valence-corrected chi connectivity index (χ0v) is 12.5. The van der Waals surface area contributed by atoms with Crippen molar-refractivity contribution < 1.29 is 4.79 Å². The summed E-state index contributed by atoms with van der Waals surface area (Å²) in [7, 11) is 0. The number of anilines is 2. The lowest BCUT2D eigenvalue weighted by Crippen LogP contribution is -2.38. The molecule has 0 unspecified atom stereocenters. The Labute approximate surface area is 121 Å². The van der Waals surface area contributed by atoms with Gasteiger partial charge >= 0.3 is 0 Å². The molecule has 4 nitrogen and oxygen atoms in total. The van der Waals surface area contributed by atoms with Crippen LogP contribution >= 0.6 is 0 Å². The first kappa shape index (κ1) is 14.9. The monoisotopic (exact) mass is 275 g/mol. The van der Waals surface area contributed by atoms with E-state index in [1.807, 2.05) is 18.2 Å². The van der Waals surface area contributed by atoms with Crippen LogP contribution in [0.4, 0.5) is 11.4 Å². The average molecular weight is 275 g/mol.